The Morgan fingerprint density at radius 1 is 1.43 bits per heavy atom. The molecule has 0 fully saturated rings. The van der Waals surface area contributed by atoms with Gasteiger partial charge in [-0.05, 0) is 30.0 Å². The van der Waals surface area contributed by atoms with Crippen molar-refractivity contribution in [2.75, 3.05) is 5.32 Å². The van der Waals surface area contributed by atoms with Crippen molar-refractivity contribution in [2.45, 2.75) is 19.4 Å². The summed E-state index contributed by atoms with van der Waals surface area (Å²) in [5.74, 6) is -0.578. The van der Waals surface area contributed by atoms with E-state index in [0.717, 1.165) is 6.42 Å². The summed E-state index contributed by atoms with van der Waals surface area (Å²) >= 11 is 1.65. The van der Waals surface area contributed by atoms with Crippen LogP contribution in [0, 0.1) is 0 Å². The first-order valence-electron chi connectivity index (χ1n) is 6.71. The van der Waals surface area contributed by atoms with Crippen molar-refractivity contribution in [2.24, 2.45) is 0 Å². The molecular weight excluding hydrogens is 286 g/mol. The number of carbonyl (C=O) groups is 1. The van der Waals surface area contributed by atoms with Crippen LogP contribution in [0.15, 0.2) is 41.9 Å². The number of thiophene rings is 1. The third kappa shape index (κ3) is 2.50. The van der Waals surface area contributed by atoms with Gasteiger partial charge >= 0.3 is 5.97 Å². The second-order valence-corrected chi connectivity index (χ2v) is 5.64. The van der Waals surface area contributed by atoms with E-state index in [0.29, 0.717) is 11.5 Å². The first kappa shape index (κ1) is 13.6. The maximum atomic E-state index is 11.6. The lowest BCUT2D eigenvalue weighted by atomic mass is 10.2. The van der Waals surface area contributed by atoms with Gasteiger partial charge in [-0.25, -0.2) is 9.78 Å². The highest BCUT2D eigenvalue weighted by Crippen LogP contribution is 2.28. The molecule has 3 heterocycles. The molecule has 1 atom stereocenters. The quantitative estimate of drug-likeness (QED) is 0.755. The highest BCUT2D eigenvalue weighted by atomic mass is 32.1. The monoisotopic (exact) mass is 301 g/mol. The summed E-state index contributed by atoms with van der Waals surface area (Å²) in [6, 6.07) is 9.53. The number of nitrogens with zero attached hydrogens (tertiary/aromatic N) is 2. The van der Waals surface area contributed by atoms with E-state index in [1.165, 1.54) is 4.88 Å². The van der Waals surface area contributed by atoms with Gasteiger partial charge in [0.1, 0.15) is 5.65 Å². The molecule has 0 saturated heterocycles. The molecule has 1 unspecified atom stereocenters. The third-order valence-corrected chi connectivity index (χ3v) is 4.32. The van der Waals surface area contributed by atoms with Crippen LogP contribution in [0.4, 0.5) is 5.82 Å². The largest absolute Gasteiger partial charge is 0.476 e. The Balaban J connectivity index is 2.03. The van der Waals surface area contributed by atoms with E-state index in [1.54, 1.807) is 34.1 Å². The van der Waals surface area contributed by atoms with Crippen LogP contribution in [0.1, 0.15) is 34.8 Å². The Labute approximate surface area is 125 Å². The molecule has 3 rings (SSSR count). The summed E-state index contributed by atoms with van der Waals surface area (Å²) in [7, 11) is 0. The standard InChI is InChI=1S/C15H15N3O2S/c1-2-10(11-6-5-9-21-11)16-14-13(15(19)20)18-8-4-3-7-12(18)17-14/h3-10,16H,2H2,1H3,(H,19,20). The van der Waals surface area contributed by atoms with Crippen molar-refractivity contribution in [3.8, 4) is 0 Å². The van der Waals surface area contributed by atoms with Crippen molar-refractivity contribution < 1.29 is 9.90 Å². The minimum absolute atomic E-state index is 0.0630. The van der Waals surface area contributed by atoms with Gasteiger partial charge in [0.25, 0.3) is 0 Å². The summed E-state index contributed by atoms with van der Waals surface area (Å²) in [6.45, 7) is 2.06. The van der Waals surface area contributed by atoms with Gasteiger partial charge in [0.15, 0.2) is 11.5 Å². The van der Waals surface area contributed by atoms with E-state index in [2.05, 4.69) is 17.2 Å². The summed E-state index contributed by atoms with van der Waals surface area (Å²) in [4.78, 5) is 17.1. The molecule has 0 saturated carbocycles. The zero-order chi connectivity index (χ0) is 14.8. The molecule has 3 aromatic heterocycles. The van der Waals surface area contributed by atoms with E-state index in [-0.39, 0.29) is 11.7 Å². The number of hydrogen-bond donors (Lipinski definition) is 2. The van der Waals surface area contributed by atoms with E-state index < -0.39 is 5.97 Å². The first-order chi connectivity index (χ1) is 10.2. The van der Waals surface area contributed by atoms with Gasteiger partial charge in [-0.15, -0.1) is 11.3 Å². The lowest BCUT2D eigenvalue weighted by molar-refractivity contribution is 0.0690. The molecule has 108 valence electrons. The molecule has 21 heavy (non-hydrogen) atoms. The lowest BCUT2D eigenvalue weighted by Crippen LogP contribution is -2.12. The normalized spacial score (nSPS) is 12.4. The van der Waals surface area contributed by atoms with Crippen LogP contribution in [-0.4, -0.2) is 20.5 Å². The Morgan fingerprint density at radius 3 is 2.95 bits per heavy atom. The molecule has 5 nitrogen and oxygen atoms in total. The molecule has 6 heteroatoms. The Bertz CT molecular complexity index is 764. The zero-order valence-electron chi connectivity index (χ0n) is 11.5. The van der Waals surface area contributed by atoms with Crippen molar-refractivity contribution in [1.82, 2.24) is 9.38 Å². The molecule has 0 aromatic carbocycles. The number of aromatic nitrogens is 2. The zero-order valence-corrected chi connectivity index (χ0v) is 12.3. The van der Waals surface area contributed by atoms with Crippen LogP contribution < -0.4 is 5.32 Å². The highest BCUT2D eigenvalue weighted by Gasteiger charge is 2.21. The summed E-state index contributed by atoms with van der Waals surface area (Å²) < 4.78 is 1.59. The van der Waals surface area contributed by atoms with Crippen molar-refractivity contribution in [1.29, 1.82) is 0 Å². The molecule has 0 radical (unpaired) electrons. The lowest BCUT2D eigenvalue weighted by Gasteiger charge is -2.15. The molecule has 0 aliphatic heterocycles. The van der Waals surface area contributed by atoms with Crippen LogP contribution in [0.5, 0.6) is 0 Å². The minimum atomic E-state index is -0.989. The number of anilines is 1. The number of rotatable bonds is 5. The highest BCUT2D eigenvalue weighted by molar-refractivity contribution is 7.10. The predicted molar refractivity (Wildman–Crippen MR) is 83.1 cm³/mol. The molecular formula is C15H15N3O2S. The van der Waals surface area contributed by atoms with Crippen LogP contribution in [0.25, 0.3) is 5.65 Å². The molecule has 3 aromatic rings. The number of pyridine rings is 1. The molecule has 0 aliphatic rings. The fourth-order valence-electron chi connectivity index (χ4n) is 2.33. The fraction of sp³-hybridized carbons (Fsp3) is 0.200. The molecule has 2 N–H and O–H groups in total. The van der Waals surface area contributed by atoms with Gasteiger partial charge in [0.05, 0.1) is 6.04 Å². The Morgan fingerprint density at radius 2 is 2.29 bits per heavy atom. The Hall–Kier alpha value is -2.34. The van der Waals surface area contributed by atoms with Gasteiger partial charge in [-0.1, -0.05) is 19.1 Å². The second-order valence-electron chi connectivity index (χ2n) is 4.66. The maximum absolute atomic E-state index is 11.6. The van der Waals surface area contributed by atoms with Gasteiger partial charge in [0, 0.05) is 11.1 Å². The van der Waals surface area contributed by atoms with E-state index >= 15 is 0 Å². The number of aromatic carboxylic acids is 1. The van der Waals surface area contributed by atoms with Crippen LogP contribution >= 0.6 is 11.3 Å². The number of carboxylic acid groups (broad SMARTS) is 1. The molecule has 0 spiro atoms. The average molecular weight is 301 g/mol. The topological polar surface area (TPSA) is 66.6 Å². The summed E-state index contributed by atoms with van der Waals surface area (Å²) in [6.07, 6.45) is 2.57. The number of hydrogen-bond acceptors (Lipinski definition) is 4. The van der Waals surface area contributed by atoms with E-state index in [4.69, 9.17) is 0 Å². The van der Waals surface area contributed by atoms with Crippen LogP contribution in [-0.2, 0) is 0 Å². The molecule has 0 amide bonds. The molecule has 0 aliphatic carbocycles. The SMILES string of the molecule is CCC(Nc1nc2ccccn2c1C(=O)O)c1cccs1. The van der Waals surface area contributed by atoms with Crippen LogP contribution in [0.3, 0.4) is 0 Å². The van der Waals surface area contributed by atoms with Crippen molar-refractivity contribution >= 4 is 28.8 Å². The first-order valence-corrected chi connectivity index (χ1v) is 7.59. The van der Waals surface area contributed by atoms with Crippen LogP contribution in [0.2, 0.25) is 0 Å². The van der Waals surface area contributed by atoms with Gasteiger partial charge < -0.3 is 10.4 Å². The number of carboxylic acids is 1. The van der Waals surface area contributed by atoms with Crippen molar-refractivity contribution in [3.63, 3.8) is 0 Å². The Kier molecular flexibility index (Phi) is 3.62. The average Bonchev–Trinajstić information content (AvgIpc) is 3.11. The third-order valence-electron chi connectivity index (χ3n) is 3.34. The summed E-state index contributed by atoms with van der Waals surface area (Å²) in [5, 5.41) is 14.8. The predicted octanol–water partition coefficient (Wildman–Crippen LogP) is 3.66. The van der Waals surface area contributed by atoms with Gasteiger partial charge in [-0.3, -0.25) is 4.40 Å². The smallest absolute Gasteiger partial charge is 0.356 e. The summed E-state index contributed by atoms with van der Waals surface area (Å²) in [5.41, 5.74) is 0.791. The molecule has 0 bridgehead atoms. The number of nitrogens with one attached hydrogen (secondary N) is 1. The minimum Gasteiger partial charge on any atom is -0.476 e. The van der Waals surface area contributed by atoms with Gasteiger partial charge in [0.2, 0.25) is 0 Å². The second kappa shape index (κ2) is 5.57. The fourth-order valence-corrected chi connectivity index (χ4v) is 3.19. The number of fused-ring (bicyclic) bond motifs is 1. The maximum Gasteiger partial charge on any atom is 0.356 e. The van der Waals surface area contributed by atoms with Crippen molar-refractivity contribution in [3.05, 3.63) is 52.5 Å². The van der Waals surface area contributed by atoms with E-state index in [9.17, 15) is 9.90 Å². The van der Waals surface area contributed by atoms with Gasteiger partial charge in [-0.2, -0.15) is 0 Å². The number of imidazole rings is 1. The van der Waals surface area contributed by atoms with E-state index in [1.807, 2.05) is 23.6 Å².